The van der Waals surface area contributed by atoms with Gasteiger partial charge in [0.2, 0.25) is 0 Å². The van der Waals surface area contributed by atoms with Gasteiger partial charge in [0.05, 0.1) is 24.5 Å². The first-order valence-corrected chi connectivity index (χ1v) is 9.98. The third-order valence-electron chi connectivity index (χ3n) is 4.98. The molecule has 31 heavy (non-hydrogen) atoms. The maximum absolute atomic E-state index is 11.5. The van der Waals surface area contributed by atoms with Crippen LogP contribution in [0.2, 0.25) is 0 Å². The summed E-state index contributed by atoms with van der Waals surface area (Å²) in [6, 6.07) is 13.6. The number of rotatable bonds is 4. The van der Waals surface area contributed by atoms with Gasteiger partial charge in [-0.3, -0.25) is 24.9 Å². The van der Waals surface area contributed by atoms with Crippen LogP contribution in [0.1, 0.15) is 27.0 Å². The van der Waals surface area contributed by atoms with E-state index in [9.17, 15) is 4.79 Å². The molecule has 0 aliphatic carbocycles. The van der Waals surface area contributed by atoms with Gasteiger partial charge in [-0.05, 0) is 35.9 Å². The highest BCUT2D eigenvalue weighted by atomic mass is 16.5. The first kappa shape index (κ1) is 20.7. The molecule has 2 N–H and O–H groups in total. The van der Waals surface area contributed by atoms with Gasteiger partial charge >= 0.3 is 0 Å². The number of nitrogens with one attached hydrogen (secondary N) is 1. The number of carbonyl (C=O) groups is 1. The van der Waals surface area contributed by atoms with E-state index in [2.05, 4.69) is 38.8 Å². The van der Waals surface area contributed by atoms with E-state index in [1.165, 1.54) is 11.8 Å². The van der Waals surface area contributed by atoms with Crippen molar-refractivity contribution in [2.24, 2.45) is 0 Å². The third kappa shape index (κ3) is 5.53. The molecule has 2 aromatic heterocycles. The molecule has 7 heteroatoms. The molecule has 0 radical (unpaired) electrons. The number of hydrogen-bond acceptors (Lipinski definition) is 6. The second-order valence-electron chi connectivity index (χ2n) is 7.17. The van der Waals surface area contributed by atoms with Crippen LogP contribution in [-0.2, 0) is 11.3 Å². The van der Waals surface area contributed by atoms with E-state index in [4.69, 9.17) is 9.94 Å². The molecule has 3 aromatic rings. The Morgan fingerprint density at radius 2 is 1.77 bits per heavy atom. The molecule has 1 amide bonds. The molecule has 0 saturated carbocycles. The van der Waals surface area contributed by atoms with E-state index in [1.807, 2.05) is 24.3 Å². The van der Waals surface area contributed by atoms with Crippen molar-refractivity contribution in [3.05, 3.63) is 83.3 Å². The van der Waals surface area contributed by atoms with E-state index in [1.54, 1.807) is 23.9 Å². The van der Waals surface area contributed by atoms with Crippen LogP contribution in [-0.4, -0.2) is 52.3 Å². The highest BCUT2D eigenvalue weighted by Gasteiger charge is 2.10. The molecule has 0 bridgehead atoms. The molecular weight excluding hydrogens is 392 g/mol. The van der Waals surface area contributed by atoms with Gasteiger partial charge in [0.1, 0.15) is 0 Å². The molecule has 0 spiro atoms. The minimum Gasteiger partial charge on any atom is -0.379 e. The largest absolute Gasteiger partial charge is 0.379 e. The molecule has 7 nitrogen and oxygen atoms in total. The number of morpholine rings is 1. The SMILES string of the molecule is O=C(NO)c1cncc(-c2ccc(C#Cc3ccc(CN4CCOCC4)cc3)cn2)c1. The van der Waals surface area contributed by atoms with Crippen molar-refractivity contribution in [2.75, 3.05) is 26.3 Å². The fraction of sp³-hybridized carbons (Fsp3) is 0.208. The van der Waals surface area contributed by atoms with Gasteiger partial charge in [-0.2, -0.15) is 0 Å². The number of hydrogen-bond donors (Lipinski definition) is 2. The van der Waals surface area contributed by atoms with Crippen LogP contribution in [0.3, 0.4) is 0 Å². The fourth-order valence-electron chi connectivity index (χ4n) is 3.26. The molecule has 1 aliphatic heterocycles. The summed E-state index contributed by atoms with van der Waals surface area (Å²) in [6.45, 7) is 4.48. The van der Waals surface area contributed by atoms with Gasteiger partial charge in [-0.1, -0.05) is 24.0 Å². The Morgan fingerprint density at radius 3 is 2.48 bits per heavy atom. The Hall–Kier alpha value is -3.57. The van der Waals surface area contributed by atoms with E-state index >= 15 is 0 Å². The van der Waals surface area contributed by atoms with E-state index in [-0.39, 0.29) is 5.56 Å². The summed E-state index contributed by atoms with van der Waals surface area (Å²) in [5, 5.41) is 8.76. The van der Waals surface area contributed by atoms with Crippen LogP contribution in [0.25, 0.3) is 11.3 Å². The number of ether oxygens (including phenoxy) is 1. The second kappa shape index (κ2) is 9.96. The van der Waals surface area contributed by atoms with Crippen molar-refractivity contribution in [2.45, 2.75) is 6.54 Å². The van der Waals surface area contributed by atoms with Crippen LogP contribution in [0.5, 0.6) is 0 Å². The van der Waals surface area contributed by atoms with Crippen LogP contribution >= 0.6 is 0 Å². The number of carbonyl (C=O) groups excluding carboxylic acids is 1. The fourth-order valence-corrected chi connectivity index (χ4v) is 3.26. The maximum Gasteiger partial charge on any atom is 0.276 e. The minimum atomic E-state index is -0.618. The summed E-state index contributed by atoms with van der Waals surface area (Å²) in [4.78, 5) is 22.4. The number of benzene rings is 1. The zero-order chi connectivity index (χ0) is 21.5. The van der Waals surface area contributed by atoms with Crippen LogP contribution in [0, 0.1) is 11.8 Å². The first-order valence-electron chi connectivity index (χ1n) is 9.98. The topological polar surface area (TPSA) is 87.6 Å². The van der Waals surface area contributed by atoms with Gasteiger partial charge < -0.3 is 4.74 Å². The van der Waals surface area contributed by atoms with Crippen molar-refractivity contribution in [3.8, 4) is 23.1 Å². The van der Waals surface area contributed by atoms with Gasteiger partial charge in [0, 0.05) is 54.9 Å². The van der Waals surface area contributed by atoms with Gasteiger partial charge in [0.15, 0.2) is 0 Å². The first-order chi connectivity index (χ1) is 15.2. The van der Waals surface area contributed by atoms with Crippen LogP contribution in [0.15, 0.2) is 61.1 Å². The predicted molar refractivity (Wildman–Crippen MR) is 115 cm³/mol. The molecule has 0 unspecified atom stereocenters. The van der Waals surface area contributed by atoms with E-state index in [0.717, 1.165) is 44.0 Å². The quantitative estimate of drug-likeness (QED) is 0.388. The summed E-state index contributed by atoms with van der Waals surface area (Å²) in [6.07, 6.45) is 4.68. The highest BCUT2D eigenvalue weighted by Crippen LogP contribution is 2.17. The van der Waals surface area contributed by atoms with Crippen LogP contribution in [0.4, 0.5) is 0 Å². The lowest BCUT2D eigenvalue weighted by molar-refractivity contribution is 0.0342. The molecule has 3 heterocycles. The predicted octanol–water partition coefficient (Wildman–Crippen LogP) is 2.49. The van der Waals surface area contributed by atoms with Gasteiger partial charge in [-0.25, -0.2) is 5.48 Å². The molecule has 1 saturated heterocycles. The zero-order valence-electron chi connectivity index (χ0n) is 16.9. The zero-order valence-corrected chi connectivity index (χ0v) is 16.9. The molecule has 1 aromatic carbocycles. The molecule has 0 atom stereocenters. The summed E-state index contributed by atoms with van der Waals surface area (Å²) in [7, 11) is 0. The molecule has 1 fully saturated rings. The van der Waals surface area contributed by atoms with E-state index < -0.39 is 5.91 Å². The van der Waals surface area contributed by atoms with Gasteiger partial charge in [-0.15, -0.1) is 0 Å². The Bertz CT molecular complexity index is 1100. The summed E-state index contributed by atoms with van der Waals surface area (Å²) in [5.74, 6) is 5.68. The lowest BCUT2D eigenvalue weighted by Gasteiger charge is -2.26. The average molecular weight is 414 g/mol. The smallest absolute Gasteiger partial charge is 0.276 e. The van der Waals surface area contributed by atoms with Crippen molar-refractivity contribution >= 4 is 5.91 Å². The van der Waals surface area contributed by atoms with Crippen molar-refractivity contribution < 1.29 is 14.7 Å². The number of nitrogens with zero attached hydrogens (tertiary/aromatic N) is 3. The lowest BCUT2D eigenvalue weighted by atomic mass is 10.1. The van der Waals surface area contributed by atoms with Crippen molar-refractivity contribution in [3.63, 3.8) is 0 Å². The number of hydroxylamine groups is 1. The van der Waals surface area contributed by atoms with E-state index in [0.29, 0.717) is 11.3 Å². The number of pyridine rings is 2. The lowest BCUT2D eigenvalue weighted by Crippen LogP contribution is -2.35. The Kier molecular flexibility index (Phi) is 6.65. The molecule has 4 rings (SSSR count). The summed E-state index contributed by atoms with van der Waals surface area (Å²) >= 11 is 0. The Balaban J connectivity index is 1.41. The van der Waals surface area contributed by atoms with Crippen molar-refractivity contribution in [1.82, 2.24) is 20.3 Å². The Morgan fingerprint density at radius 1 is 1.03 bits per heavy atom. The highest BCUT2D eigenvalue weighted by molar-refractivity contribution is 5.94. The third-order valence-corrected chi connectivity index (χ3v) is 4.98. The monoisotopic (exact) mass is 414 g/mol. The number of aromatic nitrogens is 2. The van der Waals surface area contributed by atoms with Crippen molar-refractivity contribution in [1.29, 1.82) is 0 Å². The molecule has 1 aliphatic rings. The standard InChI is InChI=1S/C24H22N4O3/c29-24(27-30)22-13-21(15-25-16-22)23-8-7-19(14-26-23)4-1-18-2-5-20(6-3-18)17-28-9-11-31-12-10-28/h2-3,5-8,13-16,30H,9-12,17H2,(H,27,29). The van der Waals surface area contributed by atoms with Gasteiger partial charge in [0.25, 0.3) is 5.91 Å². The molecule has 156 valence electrons. The summed E-state index contributed by atoms with van der Waals surface area (Å²) < 4.78 is 5.39. The molecular formula is C24H22N4O3. The normalized spacial score (nSPS) is 13.8. The Labute approximate surface area is 180 Å². The number of amides is 1. The maximum atomic E-state index is 11.5. The van der Waals surface area contributed by atoms with Crippen LogP contribution < -0.4 is 5.48 Å². The minimum absolute atomic E-state index is 0.253. The second-order valence-corrected chi connectivity index (χ2v) is 7.17. The average Bonchev–Trinajstić information content (AvgIpc) is 2.84. The summed E-state index contributed by atoms with van der Waals surface area (Å²) in [5.41, 5.74) is 6.20.